The predicted octanol–water partition coefficient (Wildman–Crippen LogP) is 5.30. The molecule has 0 aliphatic carbocycles. The molecule has 0 amide bonds. The smallest absolute Gasteiger partial charge is 0.336 e. The molecule has 0 aromatic heterocycles. The average molecular weight is 360 g/mol. The first-order chi connectivity index (χ1) is 9.78. The molecular weight excluding hydrogens is 337 g/mol. The molecule has 3 nitrogen and oxygen atoms in total. The van der Waals surface area contributed by atoms with Gasteiger partial charge in [-0.05, 0) is 39.9 Å². The zero-order valence-corrected chi connectivity index (χ0v) is 14.4. The number of anilines is 1. The van der Waals surface area contributed by atoms with Crippen molar-refractivity contribution in [1.29, 1.82) is 0 Å². The summed E-state index contributed by atoms with van der Waals surface area (Å²) in [7, 11) is 0. The highest BCUT2D eigenvalue weighted by Crippen LogP contribution is 2.29. The molecule has 21 heavy (non-hydrogen) atoms. The van der Waals surface area contributed by atoms with Crippen molar-refractivity contribution in [3.8, 4) is 0 Å². The lowest BCUT2D eigenvalue weighted by Crippen LogP contribution is -2.23. The number of halogens is 2. The molecule has 0 heterocycles. The van der Waals surface area contributed by atoms with Crippen LogP contribution in [0.4, 0.5) is 10.1 Å². The van der Waals surface area contributed by atoms with Crippen molar-refractivity contribution in [3.05, 3.63) is 28.0 Å². The molecule has 0 unspecified atom stereocenters. The van der Waals surface area contributed by atoms with Gasteiger partial charge in [-0.2, -0.15) is 0 Å². The first kappa shape index (κ1) is 18.0. The first-order valence-corrected chi connectivity index (χ1v) is 8.03. The van der Waals surface area contributed by atoms with Gasteiger partial charge in [0, 0.05) is 6.54 Å². The number of aromatic carboxylic acids is 1. The fourth-order valence-electron chi connectivity index (χ4n) is 2.13. The van der Waals surface area contributed by atoms with Crippen LogP contribution >= 0.6 is 15.9 Å². The Morgan fingerprint density at radius 1 is 1.38 bits per heavy atom. The van der Waals surface area contributed by atoms with E-state index in [2.05, 4.69) is 42.0 Å². The van der Waals surface area contributed by atoms with Crippen LogP contribution in [0.2, 0.25) is 0 Å². The summed E-state index contributed by atoms with van der Waals surface area (Å²) in [4.78, 5) is 10.9. The molecule has 0 fully saturated rings. The third kappa shape index (κ3) is 5.30. The highest BCUT2D eigenvalue weighted by molar-refractivity contribution is 9.10. The Balaban J connectivity index is 2.71. The van der Waals surface area contributed by atoms with Crippen molar-refractivity contribution in [3.63, 3.8) is 0 Å². The number of carboxylic acid groups (broad SMARTS) is 1. The molecule has 0 bridgehead atoms. The maximum Gasteiger partial charge on any atom is 0.336 e. The second kappa shape index (κ2) is 7.78. The van der Waals surface area contributed by atoms with E-state index in [1.807, 2.05) is 0 Å². The van der Waals surface area contributed by atoms with E-state index in [0.29, 0.717) is 12.2 Å². The minimum Gasteiger partial charge on any atom is -0.478 e. The van der Waals surface area contributed by atoms with Crippen LogP contribution in [0.1, 0.15) is 56.8 Å². The molecule has 2 N–H and O–H groups in total. The van der Waals surface area contributed by atoms with Crippen LogP contribution in [0, 0.1) is 11.2 Å². The number of carbonyl (C=O) groups is 1. The van der Waals surface area contributed by atoms with E-state index in [4.69, 9.17) is 5.11 Å². The second-order valence-electron chi connectivity index (χ2n) is 6.07. The van der Waals surface area contributed by atoms with E-state index < -0.39 is 11.8 Å². The Morgan fingerprint density at radius 2 is 2.05 bits per heavy atom. The number of rotatable bonds is 8. The highest BCUT2D eigenvalue weighted by Gasteiger charge is 2.20. The van der Waals surface area contributed by atoms with Gasteiger partial charge in [-0.1, -0.05) is 40.0 Å². The van der Waals surface area contributed by atoms with Gasteiger partial charge >= 0.3 is 5.97 Å². The number of unbranched alkanes of at least 4 members (excludes halogenated alkanes) is 2. The summed E-state index contributed by atoms with van der Waals surface area (Å²) in [6, 6.07) is 2.88. The average Bonchev–Trinajstić information content (AvgIpc) is 2.40. The lowest BCUT2D eigenvalue weighted by molar-refractivity contribution is 0.0695. The van der Waals surface area contributed by atoms with Gasteiger partial charge in [-0.15, -0.1) is 0 Å². The molecule has 0 radical (unpaired) electrons. The van der Waals surface area contributed by atoms with Crippen molar-refractivity contribution >= 4 is 27.6 Å². The number of hydrogen-bond acceptors (Lipinski definition) is 2. The maximum absolute atomic E-state index is 14.1. The molecule has 0 atom stereocenters. The monoisotopic (exact) mass is 359 g/mol. The molecule has 118 valence electrons. The fourth-order valence-corrected chi connectivity index (χ4v) is 2.64. The van der Waals surface area contributed by atoms with Crippen molar-refractivity contribution in [2.24, 2.45) is 5.41 Å². The molecule has 1 aromatic carbocycles. The van der Waals surface area contributed by atoms with Crippen molar-refractivity contribution < 1.29 is 14.3 Å². The van der Waals surface area contributed by atoms with E-state index in [1.54, 1.807) is 0 Å². The lowest BCUT2D eigenvalue weighted by Gasteiger charge is -2.26. The molecule has 5 heteroatoms. The number of carboxylic acids is 1. The Labute approximate surface area is 134 Å². The van der Waals surface area contributed by atoms with Gasteiger partial charge in [0.25, 0.3) is 0 Å². The van der Waals surface area contributed by atoms with Gasteiger partial charge in [-0.25, -0.2) is 9.18 Å². The van der Waals surface area contributed by atoms with Gasteiger partial charge in [0.15, 0.2) is 5.82 Å². The van der Waals surface area contributed by atoms with Gasteiger partial charge in [0.2, 0.25) is 0 Å². The summed E-state index contributed by atoms with van der Waals surface area (Å²) in [6.45, 7) is 7.11. The van der Waals surface area contributed by atoms with E-state index >= 15 is 0 Å². The fraction of sp³-hybridized carbons (Fsp3) is 0.562. The molecule has 1 rings (SSSR count). The summed E-state index contributed by atoms with van der Waals surface area (Å²) in [5.41, 5.74) is 0.329. The van der Waals surface area contributed by atoms with Crippen LogP contribution in [0.5, 0.6) is 0 Å². The largest absolute Gasteiger partial charge is 0.478 e. The summed E-state index contributed by atoms with van der Waals surface area (Å²) >= 11 is 3.01. The van der Waals surface area contributed by atoms with Gasteiger partial charge < -0.3 is 10.4 Å². The van der Waals surface area contributed by atoms with E-state index in [1.165, 1.54) is 25.0 Å². The summed E-state index contributed by atoms with van der Waals surface area (Å²) < 4.78 is 14.1. The van der Waals surface area contributed by atoms with Crippen molar-refractivity contribution in [1.82, 2.24) is 0 Å². The molecule has 0 saturated carbocycles. The van der Waals surface area contributed by atoms with E-state index in [-0.39, 0.29) is 15.5 Å². The zero-order valence-electron chi connectivity index (χ0n) is 12.8. The summed E-state index contributed by atoms with van der Waals surface area (Å²) in [5.74, 6) is -1.70. The van der Waals surface area contributed by atoms with E-state index in [9.17, 15) is 9.18 Å². The Hall–Kier alpha value is -1.10. The normalized spacial score (nSPS) is 11.5. The summed E-state index contributed by atoms with van der Waals surface area (Å²) in [5, 5.41) is 12.0. The second-order valence-corrected chi connectivity index (χ2v) is 6.86. The Bertz CT molecular complexity index is 503. The number of nitrogens with one attached hydrogen (secondary N) is 1. The molecule has 0 saturated heterocycles. The summed E-state index contributed by atoms with van der Waals surface area (Å²) in [6.07, 6.45) is 4.62. The third-order valence-corrected chi connectivity index (χ3v) is 4.30. The van der Waals surface area contributed by atoms with Crippen molar-refractivity contribution in [2.75, 3.05) is 11.9 Å². The van der Waals surface area contributed by atoms with Crippen LogP contribution in [0.3, 0.4) is 0 Å². The zero-order chi connectivity index (χ0) is 16.0. The van der Waals surface area contributed by atoms with Crippen LogP contribution in [-0.2, 0) is 0 Å². The molecule has 0 aliphatic heterocycles. The van der Waals surface area contributed by atoms with Gasteiger partial charge in [-0.3, -0.25) is 0 Å². The topological polar surface area (TPSA) is 49.3 Å². The SMILES string of the molecule is CCCCCC(C)(C)CNc1ccc(C(=O)O)c(Br)c1F. The van der Waals surface area contributed by atoms with Crippen LogP contribution in [0.15, 0.2) is 16.6 Å². The number of hydrogen-bond donors (Lipinski definition) is 2. The molecule has 0 aliphatic rings. The predicted molar refractivity (Wildman–Crippen MR) is 87.5 cm³/mol. The van der Waals surface area contributed by atoms with E-state index in [0.717, 1.165) is 12.8 Å². The molecule has 1 aromatic rings. The lowest BCUT2D eigenvalue weighted by atomic mass is 9.87. The quantitative estimate of drug-likeness (QED) is 0.618. The standard InChI is InChI=1S/C16H23BrFNO2/c1-4-5-6-9-16(2,3)10-19-12-8-7-11(15(20)21)13(17)14(12)18/h7-8,19H,4-6,9-10H2,1-3H3,(H,20,21). The molecular formula is C16H23BrFNO2. The first-order valence-electron chi connectivity index (χ1n) is 7.23. The number of benzene rings is 1. The van der Waals surface area contributed by atoms with Crippen LogP contribution < -0.4 is 5.32 Å². The molecule has 0 spiro atoms. The van der Waals surface area contributed by atoms with Crippen LogP contribution in [-0.4, -0.2) is 17.6 Å². The Kier molecular flexibility index (Phi) is 6.65. The van der Waals surface area contributed by atoms with Crippen LogP contribution in [0.25, 0.3) is 0 Å². The minimum atomic E-state index is -1.15. The highest BCUT2D eigenvalue weighted by atomic mass is 79.9. The van der Waals surface area contributed by atoms with Gasteiger partial charge in [0.1, 0.15) is 0 Å². The van der Waals surface area contributed by atoms with Crippen molar-refractivity contribution in [2.45, 2.75) is 46.5 Å². The maximum atomic E-state index is 14.1. The Morgan fingerprint density at radius 3 is 2.62 bits per heavy atom. The minimum absolute atomic E-state index is 0.0104. The van der Waals surface area contributed by atoms with Gasteiger partial charge in [0.05, 0.1) is 15.7 Å². The third-order valence-electron chi connectivity index (χ3n) is 3.53.